The smallest absolute Gasteiger partial charge is 0.339 e. The number of hydrogen-bond acceptors (Lipinski definition) is 5. The summed E-state index contributed by atoms with van der Waals surface area (Å²) in [5.41, 5.74) is 0.661. The van der Waals surface area contributed by atoms with Gasteiger partial charge in [-0.05, 0) is 17.9 Å². The van der Waals surface area contributed by atoms with E-state index in [0.29, 0.717) is 12.2 Å². The molecule has 0 saturated carbocycles. The second-order valence-corrected chi connectivity index (χ2v) is 5.02. The Morgan fingerprint density at radius 2 is 2.42 bits per heavy atom. The zero-order valence-corrected chi connectivity index (χ0v) is 11.4. The predicted molar refractivity (Wildman–Crippen MR) is 73.2 cm³/mol. The number of carboxylic acid groups (broad SMARTS) is 1. The van der Waals surface area contributed by atoms with Gasteiger partial charge in [0.15, 0.2) is 0 Å². The lowest BCUT2D eigenvalue weighted by atomic mass is 10.1. The largest absolute Gasteiger partial charge is 0.478 e. The van der Waals surface area contributed by atoms with Crippen LogP contribution < -0.4 is 5.32 Å². The normalized spacial score (nSPS) is 12.3. The molecule has 0 bridgehead atoms. The molecule has 2 rings (SSSR count). The topological polar surface area (TPSA) is 75.1 Å². The van der Waals surface area contributed by atoms with Gasteiger partial charge in [-0.3, -0.25) is 0 Å². The molecule has 1 atom stereocenters. The molecule has 5 nitrogen and oxygen atoms in total. The van der Waals surface area contributed by atoms with Crippen LogP contribution in [-0.2, 0) is 6.54 Å². The van der Waals surface area contributed by atoms with E-state index in [4.69, 9.17) is 5.11 Å². The van der Waals surface area contributed by atoms with Gasteiger partial charge >= 0.3 is 5.97 Å². The Hall–Kier alpha value is -1.79. The molecule has 2 heterocycles. The van der Waals surface area contributed by atoms with Crippen molar-refractivity contribution in [1.82, 2.24) is 15.3 Å². The molecule has 0 aliphatic carbocycles. The van der Waals surface area contributed by atoms with Crippen LogP contribution in [-0.4, -0.2) is 21.0 Å². The van der Waals surface area contributed by atoms with Gasteiger partial charge in [-0.25, -0.2) is 14.8 Å². The number of aromatic carboxylic acids is 1. The number of aromatic nitrogens is 2. The highest BCUT2D eigenvalue weighted by atomic mass is 32.1. The van der Waals surface area contributed by atoms with Crippen molar-refractivity contribution in [3.8, 4) is 0 Å². The highest BCUT2D eigenvalue weighted by molar-refractivity contribution is 7.10. The van der Waals surface area contributed by atoms with Gasteiger partial charge in [-0.2, -0.15) is 0 Å². The molecule has 0 aromatic carbocycles. The summed E-state index contributed by atoms with van der Waals surface area (Å²) in [5, 5.41) is 14.4. The van der Waals surface area contributed by atoms with E-state index >= 15 is 0 Å². The molecule has 1 unspecified atom stereocenters. The summed E-state index contributed by atoms with van der Waals surface area (Å²) in [6, 6.07) is 4.30. The fourth-order valence-electron chi connectivity index (χ4n) is 1.83. The minimum absolute atomic E-state index is 0.149. The van der Waals surface area contributed by atoms with E-state index in [2.05, 4.69) is 28.3 Å². The number of carboxylic acids is 1. The molecule has 0 aliphatic rings. The highest BCUT2D eigenvalue weighted by Gasteiger charge is 2.14. The maximum Gasteiger partial charge on any atom is 0.339 e. The van der Waals surface area contributed by atoms with Crippen LogP contribution in [0.3, 0.4) is 0 Å². The first-order valence-electron chi connectivity index (χ1n) is 6.01. The molecule has 19 heavy (non-hydrogen) atoms. The minimum atomic E-state index is -0.999. The van der Waals surface area contributed by atoms with Crippen LogP contribution in [0.5, 0.6) is 0 Å². The van der Waals surface area contributed by atoms with Gasteiger partial charge in [-0.1, -0.05) is 13.0 Å². The lowest BCUT2D eigenvalue weighted by Crippen LogP contribution is -2.21. The molecule has 0 spiro atoms. The minimum Gasteiger partial charge on any atom is -0.478 e. The van der Waals surface area contributed by atoms with Crippen molar-refractivity contribution >= 4 is 17.3 Å². The molecule has 6 heteroatoms. The van der Waals surface area contributed by atoms with E-state index in [-0.39, 0.29) is 11.6 Å². The third-order valence-corrected chi connectivity index (χ3v) is 3.82. The van der Waals surface area contributed by atoms with Gasteiger partial charge in [0.25, 0.3) is 0 Å². The van der Waals surface area contributed by atoms with E-state index in [1.165, 1.54) is 17.4 Å². The first-order chi connectivity index (χ1) is 9.22. The van der Waals surface area contributed by atoms with E-state index in [1.54, 1.807) is 11.3 Å². The second-order valence-electron chi connectivity index (χ2n) is 4.05. The van der Waals surface area contributed by atoms with Gasteiger partial charge in [0.1, 0.15) is 11.9 Å². The third-order valence-electron chi connectivity index (χ3n) is 2.84. The first-order valence-corrected chi connectivity index (χ1v) is 6.89. The number of rotatable bonds is 6. The van der Waals surface area contributed by atoms with E-state index in [9.17, 15) is 4.79 Å². The summed E-state index contributed by atoms with van der Waals surface area (Å²) in [4.78, 5) is 20.1. The molecular weight excluding hydrogens is 262 g/mol. The van der Waals surface area contributed by atoms with Gasteiger partial charge in [-0.15, -0.1) is 11.3 Å². The molecule has 100 valence electrons. The van der Waals surface area contributed by atoms with Crippen LogP contribution >= 0.6 is 11.3 Å². The number of nitrogens with zero attached hydrogens (tertiary/aromatic N) is 2. The standard InChI is InChI=1S/C13H15N3O2S/c1-2-10(12-4-3-5-19-12)15-7-11-9(13(17)18)6-14-8-16-11/h3-6,8,10,15H,2,7H2,1H3,(H,17,18). The molecule has 0 fully saturated rings. The van der Waals surface area contributed by atoms with Gasteiger partial charge in [0.2, 0.25) is 0 Å². The molecule has 0 aliphatic heterocycles. The Bertz CT molecular complexity index is 543. The first kappa shape index (κ1) is 13.6. The zero-order valence-electron chi connectivity index (χ0n) is 10.5. The molecule has 2 aromatic rings. The number of thiophene rings is 1. The van der Waals surface area contributed by atoms with Crippen molar-refractivity contribution < 1.29 is 9.90 Å². The molecule has 0 radical (unpaired) electrons. The Labute approximate surface area is 115 Å². The van der Waals surface area contributed by atoms with E-state index in [0.717, 1.165) is 6.42 Å². The van der Waals surface area contributed by atoms with Gasteiger partial charge in [0.05, 0.1) is 5.69 Å². The molecular formula is C13H15N3O2S. The van der Waals surface area contributed by atoms with Crippen molar-refractivity contribution in [1.29, 1.82) is 0 Å². The van der Waals surface area contributed by atoms with Crippen LogP contribution in [0.2, 0.25) is 0 Å². The number of nitrogens with one attached hydrogen (secondary N) is 1. The van der Waals surface area contributed by atoms with Gasteiger partial charge in [0, 0.05) is 23.7 Å². The van der Waals surface area contributed by atoms with Crippen molar-refractivity contribution in [3.63, 3.8) is 0 Å². The van der Waals surface area contributed by atoms with Crippen molar-refractivity contribution in [2.24, 2.45) is 0 Å². The van der Waals surface area contributed by atoms with Crippen LogP contribution in [0.4, 0.5) is 0 Å². The fraction of sp³-hybridized carbons (Fsp3) is 0.308. The average Bonchev–Trinajstić information content (AvgIpc) is 2.94. The third kappa shape index (κ3) is 3.36. The SMILES string of the molecule is CCC(NCc1ncncc1C(=O)O)c1cccs1. The maximum absolute atomic E-state index is 11.1. The summed E-state index contributed by atoms with van der Waals surface area (Å²) in [6.45, 7) is 2.51. The van der Waals surface area contributed by atoms with Crippen LogP contribution in [0.1, 0.15) is 40.3 Å². The Kier molecular flexibility index (Phi) is 4.59. The number of carbonyl (C=O) groups is 1. The van der Waals surface area contributed by atoms with Crippen molar-refractivity contribution in [2.45, 2.75) is 25.9 Å². The number of hydrogen-bond donors (Lipinski definition) is 2. The Morgan fingerprint density at radius 1 is 1.58 bits per heavy atom. The van der Waals surface area contributed by atoms with E-state index in [1.807, 2.05) is 11.4 Å². The van der Waals surface area contributed by atoms with E-state index < -0.39 is 5.97 Å². The fourth-order valence-corrected chi connectivity index (χ4v) is 2.72. The van der Waals surface area contributed by atoms with Crippen molar-refractivity contribution in [2.75, 3.05) is 0 Å². The summed E-state index contributed by atoms with van der Waals surface area (Å²) >= 11 is 1.69. The molecule has 0 saturated heterocycles. The summed E-state index contributed by atoms with van der Waals surface area (Å²) in [6.07, 6.45) is 3.64. The highest BCUT2D eigenvalue weighted by Crippen LogP contribution is 2.22. The summed E-state index contributed by atoms with van der Waals surface area (Å²) < 4.78 is 0. The summed E-state index contributed by atoms with van der Waals surface area (Å²) in [7, 11) is 0. The lowest BCUT2D eigenvalue weighted by molar-refractivity contribution is 0.0694. The van der Waals surface area contributed by atoms with Crippen LogP contribution in [0.15, 0.2) is 30.0 Å². The molecule has 2 N–H and O–H groups in total. The van der Waals surface area contributed by atoms with Crippen LogP contribution in [0, 0.1) is 0 Å². The van der Waals surface area contributed by atoms with Crippen LogP contribution in [0.25, 0.3) is 0 Å². The zero-order chi connectivity index (χ0) is 13.7. The van der Waals surface area contributed by atoms with Crippen molar-refractivity contribution in [3.05, 3.63) is 46.2 Å². The summed E-state index contributed by atoms with van der Waals surface area (Å²) in [5.74, 6) is -0.999. The molecule has 0 amide bonds. The Morgan fingerprint density at radius 3 is 3.05 bits per heavy atom. The maximum atomic E-state index is 11.1. The lowest BCUT2D eigenvalue weighted by Gasteiger charge is -2.15. The average molecular weight is 277 g/mol. The van der Waals surface area contributed by atoms with Gasteiger partial charge < -0.3 is 10.4 Å². The second kappa shape index (κ2) is 6.40. The molecule has 2 aromatic heterocycles. The quantitative estimate of drug-likeness (QED) is 0.848. The monoisotopic (exact) mass is 277 g/mol. The Balaban J connectivity index is 2.08. The predicted octanol–water partition coefficient (Wildman–Crippen LogP) is 2.48.